The highest BCUT2D eigenvalue weighted by molar-refractivity contribution is 7.22. The molecule has 2 N–H and O–H groups in total. The van der Waals surface area contributed by atoms with Crippen molar-refractivity contribution in [1.29, 1.82) is 0 Å². The Morgan fingerprint density at radius 2 is 1.86 bits per heavy atom. The van der Waals surface area contributed by atoms with Gasteiger partial charge < -0.3 is 24.9 Å². The highest BCUT2D eigenvalue weighted by Gasteiger charge is 2.72. The van der Waals surface area contributed by atoms with Crippen LogP contribution in [0.1, 0.15) is 57.1 Å². The van der Waals surface area contributed by atoms with Crippen LogP contribution in [0.5, 0.6) is 0 Å². The second kappa shape index (κ2) is 11.2. The van der Waals surface area contributed by atoms with Crippen molar-refractivity contribution in [2.24, 2.45) is 10.8 Å². The molecule has 0 aliphatic heterocycles. The molecule has 1 aromatic carbocycles. The molecular formula is C29H32N4O8S. The van der Waals surface area contributed by atoms with E-state index in [2.05, 4.69) is 20.5 Å². The zero-order valence-electron chi connectivity index (χ0n) is 23.5. The van der Waals surface area contributed by atoms with Crippen molar-refractivity contribution in [3.05, 3.63) is 70.0 Å². The number of pyridine rings is 1. The second-order valence-electron chi connectivity index (χ2n) is 12.1. The molecule has 2 amide bonds. The van der Waals surface area contributed by atoms with Crippen LogP contribution in [0, 0.1) is 20.9 Å². The van der Waals surface area contributed by atoms with Gasteiger partial charge in [0, 0.05) is 18.9 Å². The fraction of sp³-hybridized carbons (Fsp3) is 0.448. The van der Waals surface area contributed by atoms with Crippen LogP contribution in [0.15, 0.2) is 48.8 Å². The molecule has 13 heteroatoms. The third kappa shape index (κ3) is 6.46. The van der Waals surface area contributed by atoms with E-state index in [0.29, 0.717) is 29.8 Å². The summed E-state index contributed by atoms with van der Waals surface area (Å²) < 4.78 is 11.8. The fourth-order valence-electron chi connectivity index (χ4n) is 5.72. The molecule has 2 aromatic heterocycles. The lowest BCUT2D eigenvalue weighted by Crippen LogP contribution is -2.67. The first-order chi connectivity index (χ1) is 19.9. The van der Waals surface area contributed by atoms with Crippen molar-refractivity contribution in [2.45, 2.75) is 58.2 Å². The topological polar surface area (TPSA) is 159 Å². The highest BCUT2D eigenvalue weighted by Crippen LogP contribution is 2.73. The number of hydrogen-bond donors (Lipinski definition) is 2. The van der Waals surface area contributed by atoms with Gasteiger partial charge in [-0.3, -0.25) is 14.6 Å². The molecule has 3 aliphatic carbocycles. The third-order valence-corrected chi connectivity index (χ3v) is 8.54. The van der Waals surface area contributed by atoms with Gasteiger partial charge in [0.2, 0.25) is 5.91 Å². The first kappa shape index (κ1) is 29.2. The van der Waals surface area contributed by atoms with Gasteiger partial charge in [0.05, 0.1) is 21.0 Å². The molecule has 2 bridgehead atoms. The van der Waals surface area contributed by atoms with Crippen molar-refractivity contribution < 1.29 is 33.8 Å². The summed E-state index contributed by atoms with van der Waals surface area (Å²) in [6.45, 7) is 5.35. The molecule has 3 aromatic rings. The van der Waals surface area contributed by atoms with Gasteiger partial charge in [-0.05, 0) is 74.1 Å². The number of nitrogens with zero attached hydrogens (tertiary/aromatic N) is 2. The Morgan fingerprint density at radius 1 is 1.14 bits per heavy atom. The largest absolute Gasteiger partial charge is 0.460 e. The zero-order valence-corrected chi connectivity index (χ0v) is 24.3. The summed E-state index contributed by atoms with van der Waals surface area (Å²) >= 11 is 1.41. The molecule has 0 radical (unpaired) electrons. The number of rotatable bonds is 11. The molecule has 1 atom stereocenters. The van der Waals surface area contributed by atoms with Crippen molar-refractivity contribution in [3.8, 4) is 0 Å². The number of nitrogens with one attached hydrogen (secondary N) is 2. The fourth-order valence-corrected chi connectivity index (χ4v) is 6.65. The van der Waals surface area contributed by atoms with Gasteiger partial charge in [-0.25, -0.2) is 4.79 Å². The minimum absolute atomic E-state index is 0.00591. The minimum Gasteiger partial charge on any atom is -0.460 e. The number of benzene rings is 1. The van der Waals surface area contributed by atoms with Gasteiger partial charge in [0.15, 0.2) is 0 Å². The molecule has 2 heterocycles. The SMILES string of the molecule is CC(C)(C)OC(=O)NCC(C(=O)Nc1cc2ccncc2s1)c1ccc(COC(=O)C23CC(CO[N+](=O)[O-])(C2)C3)cc1. The number of hydrogen-bond acceptors (Lipinski definition) is 10. The van der Waals surface area contributed by atoms with Crippen LogP contribution >= 0.6 is 11.3 Å². The molecule has 42 heavy (non-hydrogen) atoms. The average molecular weight is 597 g/mol. The van der Waals surface area contributed by atoms with Crippen LogP contribution in [-0.4, -0.2) is 46.8 Å². The van der Waals surface area contributed by atoms with E-state index in [4.69, 9.17) is 9.47 Å². The van der Waals surface area contributed by atoms with E-state index < -0.39 is 28.1 Å². The smallest absolute Gasteiger partial charge is 0.407 e. The number of amides is 2. The number of aromatic nitrogens is 1. The van der Waals surface area contributed by atoms with Gasteiger partial charge >= 0.3 is 12.1 Å². The van der Waals surface area contributed by atoms with Crippen LogP contribution in [0.2, 0.25) is 0 Å². The molecule has 1 unspecified atom stereocenters. The molecule has 3 saturated carbocycles. The van der Waals surface area contributed by atoms with Gasteiger partial charge in [0.1, 0.15) is 18.8 Å². The van der Waals surface area contributed by atoms with Crippen molar-refractivity contribution in [3.63, 3.8) is 0 Å². The Bertz CT molecular complexity index is 1460. The Labute approximate surface area is 245 Å². The lowest BCUT2D eigenvalue weighted by molar-refractivity contribution is -0.763. The molecule has 6 rings (SSSR count). The van der Waals surface area contributed by atoms with E-state index in [0.717, 1.165) is 15.6 Å². The molecule has 12 nitrogen and oxygen atoms in total. The summed E-state index contributed by atoms with van der Waals surface area (Å²) in [7, 11) is 0. The van der Waals surface area contributed by atoms with Gasteiger partial charge in [0.25, 0.3) is 5.09 Å². The van der Waals surface area contributed by atoms with Crippen LogP contribution < -0.4 is 10.6 Å². The monoisotopic (exact) mass is 596 g/mol. The number of carbonyl (C=O) groups is 3. The van der Waals surface area contributed by atoms with Crippen molar-refractivity contribution in [1.82, 2.24) is 10.3 Å². The Kier molecular flexibility index (Phi) is 7.80. The lowest BCUT2D eigenvalue weighted by Gasteiger charge is -2.68. The van der Waals surface area contributed by atoms with Crippen molar-refractivity contribution >= 4 is 44.4 Å². The predicted octanol–water partition coefficient (Wildman–Crippen LogP) is 4.97. The normalized spacial score (nSPS) is 21.3. The number of esters is 1. The minimum atomic E-state index is -0.807. The second-order valence-corrected chi connectivity index (χ2v) is 13.2. The van der Waals surface area contributed by atoms with Gasteiger partial charge in [-0.1, -0.05) is 24.3 Å². The maximum absolute atomic E-state index is 13.4. The lowest BCUT2D eigenvalue weighted by atomic mass is 9.35. The summed E-state index contributed by atoms with van der Waals surface area (Å²) in [4.78, 5) is 57.5. The van der Waals surface area contributed by atoms with Gasteiger partial charge in [-0.15, -0.1) is 21.5 Å². The van der Waals surface area contributed by atoms with Gasteiger partial charge in [-0.2, -0.15) is 0 Å². The molecule has 3 fully saturated rings. The first-order valence-electron chi connectivity index (χ1n) is 13.5. The van der Waals surface area contributed by atoms with E-state index in [1.807, 2.05) is 12.1 Å². The summed E-state index contributed by atoms with van der Waals surface area (Å²) in [5, 5.41) is 16.9. The van der Waals surface area contributed by atoms with E-state index in [1.165, 1.54) is 11.3 Å². The van der Waals surface area contributed by atoms with Crippen molar-refractivity contribution in [2.75, 3.05) is 18.5 Å². The van der Waals surface area contributed by atoms with E-state index in [-0.39, 0.29) is 37.0 Å². The Morgan fingerprint density at radius 3 is 2.50 bits per heavy atom. The molecule has 0 saturated heterocycles. The highest BCUT2D eigenvalue weighted by atomic mass is 32.1. The molecule has 222 valence electrons. The number of anilines is 1. The van der Waals surface area contributed by atoms with Crippen LogP contribution in [0.25, 0.3) is 10.1 Å². The number of ether oxygens (including phenoxy) is 2. The number of carbonyl (C=O) groups excluding carboxylic acids is 3. The summed E-state index contributed by atoms with van der Waals surface area (Å²) in [6.07, 6.45) is 4.39. The van der Waals surface area contributed by atoms with Crippen LogP contribution in [0.3, 0.4) is 0 Å². The average Bonchev–Trinajstić information content (AvgIpc) is 3.27. The summed E-state index contributed by atoms with van der Waals surface area (Å²) in [5.74, 6) is -1.34. The molecule has 0 spiro atoms. The molecular weight excluding hydrogens is 564 g/mol. The Balaban J connectivity index is 1.21. The van der Waals surface area contributed by atoms with E-state index in [1.54, 1.807) is 57.4 Å². The quantitative estimate of drug-likeness (QED) is 0.177. The van der Waals surface area contributed by atoms with E-state index in [9.17, 15) is 24.5 Å². The maximum atomic E-state index is 13.4. The van der Waals surface area contributed by atoms with Crippen LogP contribution in [0.4, 0.5) is 9.80 Å². The van der Waals surface area contributed by atoms with Crippen LogP contribution in [-0.2, 0) is 30.5 Å². The summed E-state index contributed by atoms with van der Waals surface area (Å²) in [6, 6.07) is 10.8. The third-order valence-electron chi connectivity index (χ3n) is 7.54. The van der Waals surface area contributed by atoms with E-state index >= 15 is 0 Å². The zero-order chi connectivity index (χ0) is 30.1. The first-order valence-corrected chi connectivity index (χ1v) is 14.3. The number of thiophene rings is 1. The number of fused-ring (bicyclic) bond motifs is 1. The Hall–Kier alpha value is -4.26. The predicted molar refractivity (Wildman–Crippen MR) is 153 cm³/mol. The molecule has 3 aliphatic rings. The summed E-state index contributed by atoms with van der Waals surface area (Å²) in [5.41, 5.74) is -0.146. The number of alkyl carbamates (subject to hydrolysis) is 1. The maximum Gasteiger partial charge on any atom is 0.407 e. The standard InChI is InChI=1S/C29H32N4O8S/c1-27(2,3)41-26(36)31-11-21(24(34)32-23-10-20-8-9-30-12-22(20)42-23)19-6-4-18(5-7-19)13-39-25(35)29-14-28(15-29,16-29)17-40-33(37)38/h4-10,12,21H,11,13-17H2,1-3H3,(H,31,36)(H,32,34).